The maximum absolute atomic E-state index is 6.85. The molecule has 5 nitrogen and oxygen atoms in total. The molecule has 0 aliphatic heterocycles. The molecule has 3 heterocycles. The summed E-state index contributed by atoms with van der Waals surface area (Å²) in [7, 11) is 0. The fourth-order valence-corrected chi connectivity index (χ4v) is 9.41. The maximum atomic E-state index is 6.85. The van der Waals surface area contributed by atoms with Crippen molar-refractivity contribution in [2.45, 2.75) is 19.3 Å². The van der Waals surface area contributed by atoms with Gasteiger partial charge in [0.25, 0.3) is 0 Å². The number of furan rings is 1. The third kappa shape index (κ3) is 5.08. The van der Waals surface area contributed by atoms with Crippen LogP contribution in [-0.2, 0) is 5.41 Å². The zero-order chi connectivity index (χ0) is 39.2. The van der Waals surface area contributed by atoms with Crippen LogP contribution >= 0.6 is 0 Å². The molecule has 0 atom stereocenters. The first-order valence-electron chi connectivity index (χ1n) is 20.1. The molecule has 59 heavy (non-hydrogen) atoms. The number of hydrogen-bond donors (Lipinski definition) is 0. The Kier molecular flexibility index (Phi) is 7.20. The van der Waals surface area contributed by atoms with Gasteiger partial charge in [-0.1, -0.05) is 141 Å². The molecular formula is C54H36N4O. The highest BCUT2D eigenvalue weighted by Gasteiger charge is 2.36. The average Bonchev–Trinajstić information content (AvgIpc) is 3.91. The number of para-hydroxylation sites is 2. The molecule has 0 amide bonds. The third-order valence-electron chi connectivity index (χ3n) is 12.3. The molecule has 8 aromatic carbocycles. The Morgan fingerprint density at radius 1 is 0.424 bits per heavy atom. The van der Waals surface area contributed by atoms with Crippen LogP contribution in [0.1, 0.15) is 25.0 Å². The van der Waals surface area contributed by atoms with Gasteiger partial charge >= 0.3 is 0 Å². The van der Waals surface area contributed by atoms with Gasteiger partial charge < -0.3 is 8.98 Å². The summed E-state index contributed by atoms with van der Waals surface area (Å²) in [5, 5.41) is 4.41. The quantitative estimate of drug-likeness (QED) is 0.175. The van der Waals surface area contributed by atoms with Crippen LogP contribution in [0.5, 0.6) is 0 Å². The molecule has 11 aromatic rings. The predicted octanol–water partition coefficient (Wildman–Crippen LogP) is 13.8. The molecule has 0 unspecified atom stereocenters. The first-order chi connectivity index (χ1) is 29.0. The molecule has 12 rings (SSSR count). The number of benzene rings is 8. The Morgan fingerprint density at radius 2 is 1.03 bits per heavy atom. The second-order valence-electron chi connectivity index (χ2n) is 16.0. The number of rotatable bonds is 5. The van der Waals surface area contributed by atoms with E-state index >= 15 is 0 Å². The van der Waals surface area contributed by atoms with Crippen molar-refractivity contribution in [1.29, 1.82) is 0 Å². The van der Waals surface area contributed by atoms with E-state index < -0.39 is 0 Å². The summed E-state index contributed by atoms with van der Waals surface area (Å²) in [5.41, 5.74) is 15.2. The molecule has 0 saturated heterocycles. The van der Waals surface area contributed by atoms with Gasteiger partial charge in [-0.25, -0.2) is 15.0 Å². The van der Waals surface area contributed by atoms with E-state index in [2.05, 4.69) is 128 Å². The number of hydrogen-bond acceptors (Lipinski definition) is 4. The van der Waals surface area contributed by atoms with E-state index in [0.29, 0.717) is 17.5 Å². The third-order valence-corrected chi connectivity index (χ3v) is 12.3. The van der Waals surface area contributed by atoms with E-state index in [1.807, 2.05) is 72.8 Å². The van der Waals surface area contributed by atoms with Crippen molar-refractivity contribution in [2.24, 2.45) is 0 Å². The van der Waals surface area contributed by atoms with Gasteiger partial charge in [-0.3, -0.25) is 0 Å². The summed E-state index contributed by atoms with van der Waals surface area (Å²) >= 11 is 0. The molecule has 1 aliphatic carbocycles. The predicted molar refractivity (Wildman–Crippen MR) is 241 cm³/mol. The average molecular weight is 757 g/mol. The molecule has 1 aliphatic rings. The first kappa shape index (κ1) is 33.5. The van der Waals surface area contributed by atoms with Gasteiger partial charge in [-0.05, 0) is 82.4 Å². The lowest BCUT2D eigenvalue weighted by atomic mass is 9.82. The summed E-state index contributed by atoms with van der Waals surface area (Å²) in [5.74, 6) is 1.84. The zero-order valence-corrected chi connectivity index (χ0v) is 32.5. The van der Waals surface area contributed by atoms with Gasteiger partial charge in [0.05, 0.1) is 11.0 Å². The maximum Gasteiger partial charge on any atom is 0.164 e. The normalized spacial score (nSPS) is 13.1. The smallest absolute Gasteiger partial charge is 0.164 e. The number of aromatic nitrogens is 4. The zero-order valence-electron chi connectivity index (χ0n) is 32.5. The Balaban J connectivity index is 1.11. The Bertz CT molecular complexity index is 3400. The van der Waals surface area contributed by atoms with Gasteiger partial charge in [0.15, 0.2) is 17.5 Å². The van der Waals surface area contributed by atoms with E-state index in [-0.39, 0.29) is 5.41 Å². The van der Waals surface area contributed by atoms with E-state index in [0.717, 1.165) is 61.0 Å². The number of nitrogens with zero attached hydrogens (tertiary/aromatic N) is 4. The van der Waals surface area contributed by atoms with Crippen molar-refractivity contribution >= 4 is 43.7 Å². The van der Waals surface area contributed by atoms with Gasteiger partial charge in [0.2, 0.25) is 0 Å². The van der Waals surface area contributed by atoms with Crippen LogP contribution < -0.4 is 0 Å². The van der Waals surface area contributed by atoms with E-state index in [9.17, 15) is 0 Å². The van der Waals surface area contributed by atoms with Crippen LogP contribution in [-0.4, -0.2) is 19.5 Å². The van der Waals surface area contributed by atoms with E-state index in [1.165, 1.54) is 38.5 Å². The SMILES string of the molecule is CC1(C)c2ccccc2-c2cc3c4cc(-c5ccc(-c6nc(-c7ccccc7)nc(-c7ccccc7)n6)c6c5oc5ccccc56)ccc4n(-c4ccccc4)c3cc21. The Hall–Kier alpha value is -7.63. The Labute approximate surface area is 340 Å². The van der Waals surface area contributed by atoms with Gasteiger partial charge in [0.1, 0.15) is 11.2 Å². The molecule has 0 saturated carbocycles. The van der Waals surface area contributed by atoms with E-state index in [1.54, 1.807) is 0 Å². The van der Waals surface area contributed by atoms with Crippen molar-refractivity contribution in [3.8, 4) is 62.1 Å². The molecule has 3 aromatic heterocycles. The fourth-order valence-electron chi connectivity index (χ4n) is 9.41. The molecular weight excluding hydrogens is 721 g/mol. The lowest BCUT2D eigenvalue weighted by Crippen LogP contribution is -2.14. The highest BCUT2D eigenvalue weighted by atomic mass is 16.3. The molecule has 5 heteroatoms. The van der Waals surface area contributed by atoms with Crippen molar-refractivity contribution in [1.82, 2.24) is 19.5 Å². The second kappa shape index (κ2) is 12.7. The van der Waals surface area contributed by atoms with Crippen LogP contribution in [0.25, 0.3) is 106 Å². The van der Waals surface area contributed by atoms with Crippen LogP contribution in [0.15, 0.2) is 186 Å². The van der Waals surface area contributed by atoms with Gasteiger partial charge in [-0.2, -0.15) is 0 Å². The highest BCUT2D eigenvalue weighted by Crippen LogP contribution is 2.51. The number of fused-ring (bicyclic) bond motifs is 9. The largest absolute Gasteiger partial charge is 0.455 e. The van der Waals surface area contributed by atoms with Gasteiger partial charge in [-0.15, -0.1) is 0 Å². The molecule has 0 bridgehead atoms. The molecule has 0 radical (unpaired) electrons. The molecule has 0 N–H and O–H groups in total. The van der Waals surface area contributed by atoms with Crippen LogP contribution in [0.2, 0.25) is 0 Å². The van der Waals surface area contributed by atoms with Crippen LogP contribution in [0, 0.1) is 0 Å². The summed E-state index contributed by atoms with van der Waals surface area (Å²) in [6, 6.07) is 64.1. The lowest BCUT2D eigenvalue weighted by molar-refractivity contribution is 0.661. The molecule has 0 spiro atoms. The standard InChI is InChI=1S/C54H36N4O/c1-54(2)44-24-14-12-22-38(44)41-31-43-42-30-35(26-29-46(42)58(47(43)32-45(41)54)36-20-10-5-11-21-36)37-27-28-40(49-39-23-13-15-25-48(39)59-50(37)49)53-56-51(33-16-6-3-7-17-33)55-52(57-53)34-18-8-4-9-19-34/h3-32H,1-2H3. The highest BCUT2D eigenvalue weighted by molar-refractivity contribution is 6.17. The molecule has 0 fully saturated rings. The summed E-state index contributed by atoms with van der Waals surface area (Å²) in [6.45, 7) is 4.70. The minimum Gasteiger partial charge on any atom is -0.455 e. The van der Waals surface area contributed by atoms with Crippen molar-refractivity contribution in [3.05, 3.63) is 193 Å². The monoisotopic (exact) mass is 756 g/mol. The lowest BCUT2D eigenvalue weighted by Gasteiger charge is -2.21. The van der Waals surface area contributed by atoms with Crippen LogP contribution in [0.4, 0.5) is 0 Å². The Morgan fingerprint density at radius 3 is 1.78 bits per heavy atom. The van der Waals surface area contributed by atoms with Crippen molar-refractivity contribution < 1.29 is 4.42 Å². The summed E-state index contributed by atoms with van der Waals surface area (Å²) < 4.78 is 9.27. The van der Waals surface area contributed by atoms with Crippen molar-refractivity contribution in [3.63, 3.8) is 0 Å². The van der Waals surface area contributed by atoms with Crippen LogP contribution in [0.3, 0.4) is 0 Å². The summed E-state index contributed by atoms with van der Waals surface area (Å²) in [6.07, 6.45) is 0. The molecule has 278 valence electrons. The van der Waals surface area contributed by atoms with Gasteiger partial charge in [0, 0.05) is 54.9 Å². The second-order valence-corrected chi connectivity index (χ2v) is 16.0. The van der Waals surface area contributed by atoms with Crippen molar-refractivity contribution in [2.75, 3.05) is 0 Å². The fraction of sp³-hybridized carbons (Fsp3) is 0.0556. The minimum absolute atomic E-state index is 0.111. The first-order valence-corrected chi connectivity index (χ1v) is 20.1. The topological polar surface area (TPSA) is 56.7 Å². The minimum atomic E-state index is -0.111. The summed E-state index contributed by atoms with van der Waals surface area (Å²) in [4.78, 5) is 15.2. The van der Waals surface area contributed by atoms with E-state index in [4.69, 9.17) is 19.4 Å².